The van der Waals surface area contributed by atoms with Gasteiger partial charge in [-0.25, -0.2) is 4.98 Å². The molecule has 0 atom stereocenters. The van der Waals surface area contributed by atoms with E-state index in [1.807, 2.05) is 4.52 Å². The SMILES string of the molecule is CCc1cc(NCCCN)n2nc(C(CC)CC)cc2n1. The molecule has 0 unspecified atom stereocenters. The molecule has 2 heterocycles. The molecule has 5 heteroatoms. The van der Waals surface area contributed by atoms with E-state index in [2.05, 4.69) is 38.2 Å². The first kappa shape index (κ1) is 15.8. The average molecular weight is 289 g/mol. The van der Waals surface area contributed by atoms with E-state index < -0.39 is 0 Å². The fraction of sp³-hybridized carbons (Fsp3) is 0.625. The van der Waals surface area contributed by atoms with Crippen LogP contribution in [-0.2, 0) is 6.42 Å². The van der Waals surface area contributed by atoms with E-state index in [0.717, 1.165) is 55.1 Å². The summed E-state index contributed by atoms with van der Waals surface area (Å²) in [4.78, 5) is 4.69. The summed E-state index contributed by atoms with van der Waals surface area (Å²) >= 11 is 0. The summed E-state index contributed by atoms with van der Waals surface area (Å²) < 4.78 is 1.93. The zero-order valence-corrected chi connectivity index (χ0v) is 13.4. The summed E-state index contributed by atoms with van der Waals surface area (Å²) in [6.07, 6.45) is 4.09. The van der Waals surface area contributed by atoms with Crippen molar-refractivity contribution in [1.82, 2.24) is 14.6 Å². The minimum Gasteiger partial charge on any atom is -0.370 e. The van der Waals surface area contributed by atoms with Gasteiger partial charge in [-0.3, -0.25) is 0 Å². The number of nitrogens with one attached hydrogen (secondary N) is 1. The third kappa shape index (κ3) is 3.53. The molecule has 0 aliphatic heterocycles. The molecule has 0 saturated carbocycles. The number of nitrogens with two attached hydrogens (primary N) is 1. The van der Waals surface area contributed by atoms with Crippen molar-refractivity contribution in [3.8, 4) is 0 Å². The maximum Gasteiger partial charge on any atom is 0.157 e. The van der Waals surface area contributed by atoms with E-state index in [1.54, 1.807) is 0 Å². The second kappa shape index (κ2) is 7.41. The Morgan fingerprint density at radius 1 is 1.24 bits per heavy atom. The number of nitrogens with zero attached hydrogens (tertiary/aromatic N) is 3. The number of fused-ring (bicyclic) bond motifs is 1. The lowest BCUT2D eigenvalue weighted by molar-refractivity contribution is 0.616. The van der Waals surface area contributed by atoms with Crippen molar-refractivity contribution in [2.45, 2.75) is 52.4 Å². The predicted molar refractivity (Wildman–Crippen MR) is 87.8 cm³/mol. The van der Waals surface area contributed by atoms with Gasteiger partial charge in [-0.05, 0) is 32.2 Å². The average Bonchev–Trinajstić information content (AvgIpc) is 2.92. The molecule has 0 saturated heterocycles. The highest BCUT2D eigenvalue weighted by molar-refractivity contribution is 5.51. The number of rotatable bonds is 8. The second-order valence-corrected chi connectivity index (χ2v) is 5.41. The van der Waals surface area contributed by atoms with Gasteiger partial charge in [-0.15, -0.1) is 0 Å². The molecule has 2 aromatic rings. The second-order valence-electron chi connectivity index (χ2n) is 5.41. The highest BCUT2D eigenvalue weighted by Crippen LogP contribution is 2.24. The molecule has 3 N–H and O–H groups in total. The Kier molecular flexibility index (Phi) is 5.56. The van der Waals surface area contributed by atoms with Gasteiger partial charge >= 0.3 is 0 Å². The van der Waals surface area contributed by atoms with E-state index in [1.165, 1.54) is 0 Å². The summed E-state index contributed by atoms with van der Waals surface area (Å²) in [7, 11) is 0. The molecule has 2 aromatic heterocycles. The van der Waals surface area contributed by atoms with E-state index in [9.17, 15) is 0 Å². The van der Waals surface area contributed by atoms with Gasteiger partial charge in [0.25, 0.3) is 0 Å². The van der Waals surface area contributed by atoms with Crippen LogP contribution in [0.5, 0.6) is 0 Å². The largest absolute Gasteiger partial charge is 0.370 e. The lowest BCUT2D eigenvalue weighted by Gasteiger charge is -2.10. The molecule has 0 radical (unpaired) electrons. The van der Waals surface area contributed by atoms with Crippen LogP contribution in [0.4, 0.5) is 5.82 Å². The first-order valence-corrected chi connectivity index (χ1v) is 8.06. The van der Waals surface area contributed by atoms with Crippen LogP contribution in [0.25, 0.3) is 5.65 Å². The molecule has 116 valence electrons. The Labute approximate surface area is 126 Å². The smallest absolute Gasteiger partial charge is 0.157 e. The van der Waals surface area contributed by atoms with E-state index >= 15 is 0 Å². The van der Waals surface area contributed by atoms with Crippen LogP contribution >= 0.6 is 0 Å². The van der Waals surface area contributed by atoms with Gasteiger partial charge in [0.2, 0.25) is 0 Å². The lowest BCUT2D eigenvalue weighted by Crippen LogP contribution is -2.12. The van der Waals surface area contributed by atoms with Crippen LogP contribution < -0.4 is 11.1 Å². The molecule has 0 aliphatic carbocycles. The van der Waals surface area contributed by atoms with Crippen LogP contribution in [0.15, 0.2) is 12.1 Å². The standard InChI is InChI=1S/C16H27N5/c1-4-12(5-2)14-11-16-19-13(6-3)10-15(21(16)20-14)18-9-7-8-17/h10-12,18H,4-9,17H2,1-3H3. The van der Waals surface area contributed by atoms with Gasteiger partial charge in [-0.1, -0.05) is 20.8 Å². The molecular formula is C16H27N5. The minimum atomic E-state index is 0.508. The summed E-state index contributed by atoms with van der Waals surface area (Å²) in [6.45, 7) is 8.10. The fourth-order valence-corrected chi connectivity index (χ4v) is 2.58. The van der Waals surface area contributed by atoms with Crippen molar-refractivity contribution in [3.05, 3.63) is 23.5 Å². The van der Waals surface area contributed by atoms with Crippen LogP contribution in [-0.4, -0.2) is 27.7 Å². The van der Waals surface area contributed by atoms with E-state index in [-0.39, 0.29) is 0 Å². The maximum absolute atomic E-state index is 5.57. The van der Waals surface area contributed by atoms with Gasteiger partial charge in [-0.2, -0.15) is 9.61 Å². The minimum absolute atomic E-state index is 0.508. The molecule has 21 heavy (non-hydrogen) atoms. The van der Waals surface area contributed by atoms with Crippen molar-refractivity contribution < 1.29 is 0 Å². The first-order chi connectivity index (χ1) is 10.2. The zero-order chi connectivity index (χ0) is 15.2. The van der Waals surface area contributed by atoms with Crippen molar-refractivity contribution >= 4 is 11.5 Å². The molecule has 0 amide bonds. The van der Waals surface area contributed by atoms with E-state index in [0.29, 0.717) is 12.5 Å². The van der Waals surface area contributed by atoms with Crippen LogP contribution in [0.1, 0.15) is 57.3 Å². The van der Waals surface area contributed by atoms with Crippen LogP contribution in [0.2, 0.25) is 0 Å². The topological polar surface area (TPSA) is 68.2 Å². The number of aryl methyl sites for hydroxylation is 1. The molecule has 0 aromatic carbocycles. The van der Waals surface area contributed by atoms with Crippen molar-refractivity contribution in [2.75, 3.05) is 18.4 Å². The predicted octanol–water partition coefficient (Wildman–Crippen LogP) is 2.96. The Morgan fingerprint density at radius 3 is 2.62 bits per heavy atom. The molecule has 0 spiro atoms. The van der Waals surface area contributed by atoms with Crippen LogP contribution in [0, 0.1) is 0 Å². The number of hydrogen-bond acceptors (Lipinski definition) is 4. The van der Waals surface area contributed by atoms with Gasteiger partial charge < -0.3 is 11.1 Å². The molecule has 2 rings (SSSR count). The van der Waals surface area contributed by atoms with Crippen LogP contribution in [0.3, 0.4) is 0 Å². The summed E-state index contributed by atoms with van der Waals surface area (Å²) in [5, 5.41) is 8.20. The molecular weight excluding hydrogens is 262 g/mol. The lowest BCUT2D eigenvalue weighted by atomic mass is 10.00. The van der Waals surface area contributed by atoms with E-state index in [4.69, 9.17) is 15.8 Å². The number of anilines is 1. The van der Waals surface area contributed by atoms with Gasteiger partial charge in [0.1, 0.15) is 5.82 Å². The molecule has 0 aliphatic rings. The van der Waals surface area contributed by atoms with Crippen molar-refractivity contribution in [3.63, 3.8) is 0 Å². The van der Waals surface area contributed by atoms with Crippen molar-refractivity contribution in [1.29, 1.82) is 0 Å². The Balaban J connectivity index is 2.39. The molecule has 5 nitrogen and oxygen atoms in total. The third-order valence-electron chi connectivity index (χ3n) is 3.95. The normalized spacial score (nSPS) is 11.5. The Hall–Kier alpha value is -1.62. The summed E-state index contributed by atoms with van der Waals surface area (Å²) in [5.41, 5.74) is 8.74. The maximum atomic E-state index is 5.57. The van der Waals surface area contributed by atoms with Gasteiger partial charge in [0.05, 0.1) is 5.69 Å². The Bertz CT molecular complexity index is 571. The van der Waals surface area contributed by atoms with Gasteiger partial charge in [0.15, 0.2) is 5.65 Å². The van der Waals surface area contributed by atoms with Crippen molar-refractivity contribution in [2.24, 2.45) is 5.73 Å². The monoisotopic (exact) mass is 289 g/mol. The fourth-order valence-electron chi connectivity index (χ4n) is 2.58. The quantitative estimate of drug-likeness (QED) is 0.733. The zero-order valence-electron chi connectivity index (χ0n) is 13.4. The first-order valence-electron chi connectivity index (χ1n) is 8.06. The highest BCUT2D eigenvalue weighted by atomic mass is 15.3. The third-order valence-corrected chi connectivity index (χ3v) is 3.95. The number of aromatic nitrogens is 3. The number of hydrogen-bond donors (Lipinski definition) is 2. The summed E-state index contributed by atoms with van der Waals surface area (Å²) in [5.74, 6) is 1.52. The Morgan fingerprint density at radius 2 is 2.00 bits per heavy atom. The molecule has 0 fully saturated rings. The molecule has 0 bridgehead atoms. The summed E-state index contributed by atoms with van der Waals surface area (Å²) in [6, 6.07) is 4.22. The van der Waals surface area contributed by atoms with Gasteiger partial charge in [0, 0.05) is 30.3 Å². The highest BCUT2D eigenvalue weighted by Gasteiger charge is 2.14.